The van der Waals surface area contributed by atoms with Crippen LogP contribution in [-0.2, 0) is 26.2 Å². The maximum atomic E-state index is 15.4. The molecule has 3 amide bonds. The molecule has 40 heavy (non-hydrogen) atoms. The average molecular weight is 558 g/mol. The third kappa shape index (κ3) is 5.90. The van der Waals surface area contributed by atoms with Gasteiger partial charge in [-0.15, -0.1) is 0 Å². The lowest BCUT2D eigenvalue weighted by molar-refractivity contribution is -0.135. The molecule has 2 aliphatic rings. The minimum absolute atomic E-state index is 0.127. The highest BCUT2D eigenvalue weighted by Crippen LogP contribution is 2.36. The van der Waals surface area contributed by atoms with Crippen molar-refractivity contribution in [2.24, 2.45) is 0 Å². The van der Waals surface area contributed by atoms with Gasteiger partial charge < -0.3 is 19.7 Å². The molecule has 0 spiro atoms. The first-order valence-corrected chi connectivity index (χ1v) is 13.5. The van der Waals surface area contributed by atoms with Crippen LogP contribution in [0, 0.1) is 11.6 Å². The maximum absolute atomic E-state index is 15.4. The zero-order chi connectivity index (χ0) is 29.4. The Morgan fingerprint density at radius 1 is 0.950 bits per heavy atom. The highest BCUT2D eigenvalue weighted by Gasteiger charge is 2.41. The highest BCUT2D eigenvalue weighted by molar-refractivity contribution is 5.98. The van der Waals surface area contributed by atoms with Crippen molar-refractivity contribution in [3.8, 4) is 5.75 Å². The summed E-state index contributed by atoms with van der Waals surface area (Å²) in [6, 6.07) is 6.09. The predicted octanol–water partition coefficient (Wildman–Crippen LogP) is 5.35. The molecule has 1 saturated heterocycles. The van der Waals surface area contributed by atoms with Gasteiger partial charge in [0, 0.05) is 30.9 Å². The zero-order valence-corrected chi connectivity index (χ0v) is 23.9. The summed E-state index contributed by atoms with van der Waals surface area (Å²) in [6.45, 7) is 9.49. The number of hydrogen-bond acceptors (Lipinski definition) is 5. The fraction of sp³-hybridized carbons (Fsp3) is 0.500. The molecule has 0 radical (unpaired) electrons. The molecule has 8 nitrogen and oxygen atoms in total. The van der Waals surface area contributed by atoms with E-state index in [0.29, 0.717) is 30.8 Å². The SMILES string of the molecule is COc1ccc2c(c1)CCN(C(=O)OC(C)(C)C)[C@@H]2C(=O)Nc1cc(F)c(C(C)(C)C(=O)N2CCCC2)c(F)c1. The highest BCUT2D eigenvalue weighted by atomic mass is 19.1. The number of carbonyl (C=O) groups excluding carboxylic acids is 3. The Bertz CT molecular complexity index is 1290. The van der Waals surface area contributed by atoms with Crippen molar-refractivity contribution in [1.29, 1.82) is 0 Å². The topological polar surface area (TPSA) is 88.2 Å². The summed E-state index contributed by atoms with van der Waals surface area (Å²) in [5, 5.41) is 2.58. The van der Waals surface area contributed by atoms with Gasteiger partial charge in [-0.25, -0.2) is 13.6 Å². The number of carbonyl (C=O) groups is 3. The van der Waals surface area contributed by atoms with Crippen LogP contribution in [0.15, 0.2) is 30.3 Å². The lowest BCUT2D eigenvalue weighted by Crippen LogP contribution is -2.47. The molecular formula is C30H37F2N3O5. The molecule has 10 heteroatoms. The summed E-state index contributed by atoms with van der Waals surface area (Å²) in [5.74, 6) is -2.27. The quantitative estimate of drug-likeness (QED) is 0.536. The lowest BCUT2D eigenvalue weighted by Gasteiger charge is -2.37. The standard InChI is InChI=1S/C30H37F2N3O5/c1-29(2,3)40-28(38)35-14-11-18-15-20(39-6)9-10-21(18)25(35)26(36)33-19-16-22(31)24(23(32)17-19)30(4,5)27(37)34-12-7-8-13-34/h9-10,15-17,25H,7-8,11-14H2,1-6H3,(H,33,36)/t25-/m0/s1. The van der Waals surface area contributed by atoms with Crippen LogP contribution in [0.25, 0.3) is 0 Å². The average Bonchev–Trinajstić information content (AvgIpc) is 3.40. The smallest absolute Gasteiger partial charge is 0.411 e. The van der Waals surface area contributed by atoms with E-state index in [1.807, 2.05) is 0 Å². The molecule has 0 aromatic heterocycles. The van der Waals surface area contributed by atoms with Gasteiger partial charge in [0.1, 0.15) is 29.0 Å². The molecule has 0 bridgehead atoms. The van der Waals surface area contributed by atoms with Crippen molar-refractivity contribution in [2.75, 3.05) is 32.1 Å². The number of fused-ring (bicyclic) bond motifs is 1. The van der Waals surface area contributed by atoms with E-state index in [2.05, 4.69) is 5.32 Å². The summed E-state index contributed by atoms with van der Waals surface area (Å²) in [5.41, 5.74) is -1.33. The van der Waals surface area contributed by atoms with Gasteiger partial charge in [0.15, 0.2) is 0 Å². The van der Waals surface area contributed by atoms with Gasteiger partial charge in [0.05, 0.1) is 12.5 Å². The van der Waals surface area contributed by atoms with Crippen molar-refractivity contribution in [1.82, 2.24) is 9.80 Å². The van der Waals surface area contributed by atoms with Gasteiger partial charge in [-0.3, -0.25) is 14.5 Å². The van der Waals surface area contributed by atoms with E-state index in [9.17, 15) is 14.4 Å². The summed E-state index contributed by atoms with van der Waals surface area (Å²) >= 11 is 0. The van der Waals surface area contributed by atoms with Crippen LogP contribution < -0.4 is 10.1 Å². The Balaban J connectivity index is 1.65. The van der Waals surface area contributed by atoms with E-state index in [0.717, 1.165) is 30.5 Å². The third-order valence-electron chi connectivity index (χ3n) is 7.32. The number of halogens is 2. The molecule has 216 valence electrons. The monoisotopic (exact) mass is 557 g/mol. The number of nitrogens with one attached hydrogen (secondary N) is 1. The second kappa shape index (κ2) is 11.1. The number of ether oxygens (including phenoxy) is 2. The molecule has 1 atom stereocenters. The van der Waals surface area contributed by atoms with E-state index in [4.69, 9.17) is 9.47 Å². The number of anilines is 1. The first-order chi connectivity index (χ1) is 18.7. The molecule has 2 aliphatic heterocycles. The Morgan fingerprint density at radius 3 is 2.15 bits per heavy atom. The second-order valence-corrected chi connectivity index (χ2v) is 11.8. The molecule has 1 fully saturated rings. The Labute approximate surface area is 233 Å². The molecule has 1 N–H and O–H groups in total. The molecular weight excluding hydrogens is 520 g/mol. The normalized spacial score (nSPS) is 17.4. The summed E-state index contributed by atoms with van der Waals surface area (Å²) in [6.07, 6.45) is 1.50. The second-order valence-electron chi connectivity index (χ2n) is 11.8. The fourth-order valence-corrected chi connectivity index (χ4v) is 5.41. The number of hydrogen-bond donors (Lipinski definition) is 1. The van der Waals surface area contributed by atoms with Gasteiger partial charge in [0.25, 0.3) is 5.91 Å². The van der Waals surface area contributed by atoms with Gasteiger partial charge in [-0.05, 0) is 89.3 Å². The van der Waals surface area contributed by atoms with Crippen LogP contribution in [0.3, 0.4) is 0 Å². The Morgan fingerprint density at radius 2 is 1.57 bits per heavy atom. The van der Waals surface area contributed by atoms with E-state index < -0.39 is 40.7 Å². The number of nitrogens with zero attached hydrogens (tertiary/aromatic N) is 2. The zero-order valence-electron chi connectivity index (χ0n) is 23.9. The largest absolute Gasteiger partial charge is 0.497 e. The van der Waals surface area contributed by atoms with Crippen molar-refractivity contribution in [2.45, 2.75) is 70.9 Å². The Hall–Kier alpha value is -3.69. The maximum Gasteiger partial charge on any atom is 0.411 e. The molecule has 2 aromatic rings. The minimum Gasteiger partial charge on any atom is -0.497 e. The van der Waals surface area contributed by atoms with Gasteiger partial charge in [-0.1, -0.05) is 6.07 Å². The fourth-order valence-electron chi connectivity index (χ4n) is 5.41. The summed E-state index contributed by atoms with van der Waals surface area (Å²) in [7, 11) is 1.54. The van der Waals surface area contributed by atoms with Crippen molar-refractivity contribution in [3.63, 3.8) is 0 Å². The van der Waals surface area contributed by atoms with Crippen LogP contribution in [0.4, 0.5) is 19.3 Å². The molecule has 2 aromatic carbocycles. The van der Waals surface area contributed by atoms with Crippen molar-refractivity contribution < 1.29 is 32.6 Å². The molecule has 0 aliphatic carbocycles. The Kier molecular flexibility index (Phi) is 8.10. The van der Waals surface area contributed by atoms with Gasteiger partial charge in [-0.2, -0.15) is 0 Å². The molecule has 4 rings (SSSR count). The van der Waals surface area contributed by atoms with Crippen LogP contribution in [-0.4, -0.2) is 60.1 Å². The lowest BCUT2D eigenvalue weighted by atomic mass is 9.82. The first kappa shape index (κ1) is 29.3. The van der Waals surface area contributed by atoms with E-state index >= 15 is 8.78 Å². The summed E-state index contributed by atoms with van der Waals surface area (Å²) in [4.78, 5) is 42.7. The van der Waals surface area contributed by atoms with Crippen LogP contribution in [0.5, 0.6) is 5.75 Å². The molecule has 0 saturated carbocycles. The molecule has 0 unspecified atom stereocenters. The van der Waals surface area contributed by atoms with Crippen molar-refractivity contribution >= 4 is 23.6 Å². The van der Waals surface area contributed by atoms with Gasteiger partial charge in [0.2, 0.25) is 5.91 Å². The van der Waals surface area contributed by atoms with Crippen LogP contribution in [0.1, 0.15) is 70.2 Å². The van der Waals surface area contributed by atoms with Crippen LogP contribution >= 0.6 is 0 Å². The third-order valence-corrected chi connectivity index (χ3v) is 7.32. The number of likely N-dealkylation sites (tertiary alicyclic amines) is 1. The minimum atomic E-state index is -1.43. The molecule has 2 heterocycles. The number of methoxy groups -OCH3 is 1. The number of rotatable bonds is 5. The van der Waals surface area contributed by atoms with E-state index in [1.54, 1.807) is 43.9 Å². The first-order valence-electron chi connectivity index (χ1n) is 13.5. The van der Waals surface area contributed by atoms with Gasteiger partial charge >= 0.3 is 6.09 Å². The van der Waals surface area contributed by atoms with Crippen LogP contribution in [0.2, 0.25) is 0 Å². The van der Waals surface area contributed by atoms with E-state index in [1.165, 1.54) is 25.9 Å². The van der Waals surface area contributed by atoms with Crippen molar-refractivity contribution in [3.05, 3.63) is 58.7 Å². The van der Waals surface area contributed by atoms with E-state index in [-0.39, 0.29) is 23.7 Å². The predicted molar refractivity (Wildman–Crippen MR) is 146 cm³/mol. The number of benzene rings is 2. The number of amides is 3. The summed E-state index contributed by atoms with van der Waals surface area (Å²) < 4.78 is 41.7.